The molecule has 0 radical (unpaired) electrons. The van der Waals surface area contributed by atoms with Crippen molar-refractivity contribution in [3.05, 3.63) is 51.0 Å². The van der Waals surface area contributed by atoms with Crippen molar-refractivity contribution >= 4 is 15.9 Å². The maximum absolute atomic E-state index is 13.5. The van der Waals surface area contributed by atoms with Gasteiger partial charge in [0.1, 0.15) is 5.82 Å². The number of nitrogens with one attached hydrogen (secondary N) is 1. The Morgan fingerprint density at radius 2 is 2.10 bits per heavy atom. The van der Waals surface area contributed by atoms with Crippen LogP contribution in [-0.2, 0) is 13.5 Å². The van der Waals surface area contributed by atoms with Crippen molar-refractivity contribution in [3.63, 3.8) is 0 Å². The number of hydrogen-bond acceptors (Lipinski definition) is 2. The van der Waals surface area contributed by atoms with E-state index in [1.165, 1.54) is 0 Å². The summed E-state index contributed by atoms with van der Waals surface area (Å²) in [6, 6.07) is 5.45. The average molecular weight is 354 g/mol. The summed E-state index contributed by atoms with van der Waals surface area (Å²) < 4.78 is 16.4. The SMILES string of the molecule is CCNC(Cc1c(Br)c(C)nn1C)c1ccc(F)c(C)c1. The Hall–Kier alpha value is -1.20. The van der Waals surface area contributed by atoms with Gasteiger partial charge in [-0.2, -0.15) is 5.10 Å². The van der Waals surface area contributed by atoms with Crippen LogP contribution in [0.5, 0.6) is 0 Å². The fraction of sp³-hybridized carbons (Fsp3) is 0.438. The lowest BCUT2D eigenvalue weighted by molar-refractivity contribution is 0.525. The molecule has 1 heterocycles. The number of aromatic nitrogens is 2. The molecule has 0 amide bonds. The summed E-state index contributed by atoms with van der Waals surface area (Å²) >= 11 is 3.61. The van der Waals surface area contributed by atoms with Crippen LogP contribution in [-0.4, -0.2) is 16.3 Å². The molecule has 1 unspecified atom stereocenters. The van der Waals surface area contributed by atoms with Gasteiger partial charge in [0.2, 0.25) is 0 Å². The Bertz CT molecular complexity index is 637. The lowest BCUT2D eigenvalue weighted by Crippen LogP contribution is -2.24. The van der Waals surface area contributed by atoms with Gasteiger partial charge in [-0.3, -0.25) is 4.68 Å². The lowest BCUT2D eigenvalue weighted by atomic mass is 9.99. The number of halogens is 2. The molecule has 0 saturated carbocycles. The summed E-state index contributed by atoms with van der Waals surface area (Å²) in [4.78, 5) is 0. The molecular weight excluding hydrogens is 333 g/mol. The third-order valence-electron chi connectivity index (χ3n) is 3.69. The second kappa shape index (κ2) is 6.71. The van der Waals surface area contributed by atoms with Gasteiger partial charge in [0.15, 0.2) is 0 Å². The Balaban J connectivity index is 2.32. The summed E-state index contributed by atoms with van der Waals surface area (Å²) in [7, 11) is 1.95. The summed E-state index contributed by atoms with van der Waals surface area (Å²) in [5.74, 6) is -0.161. The Morgan fingerprint density at radius 1 is 1.38 bits per heavy atom. The first kappa shape index (κ1) is 16.2. The van der Waals surface area contributed by atoms with E-state index in [2.05, 4.69) is 33.3 Å². The van der Waals surface area contributed by atoms with Crippen molar-refractivity contribution in [3.8, 4) is 0 Å². The maximum Gasteiger partial charge on any atom is 0.126 e. The molecule has 1 aromatic heterocycles. The molecule has 21 heavy (non-hydrogen) atoms. The zero-order valence-corrected chi connectivity index (χ0v) is 14.5. The van der Waals surface area contributed by atoms with E-state index in [1.54, 1.807) is 13.0 Å². The van der Waals surface area contributed by atoms with Crippen LogP contribution in [0.4, 0.5) is 4.39 Å². The highest BCUT2D eigenvalue weighted by atomic mass is 79.9. The van der Waals surface area contributed by atoms with Gasteiger partial charge in [-0.1, -0.05) is 19.1 Å². The summed E-state index contributed by atoms with van der Waals surface area (Å²) in [5.41, 5.74) is 3.90. The highest BCUT2D eigenvalue weighted by Gasteiger charge is 2.18. The molecule has 0 bridgehead atoms. The Morgan fingerprint density at radius 3 is 2.62 bits per heavy atom. The summed E-state index contributed by atoms with van der Waals surface area (Å²) in [6.07, 6.45) is 0.802. The van der Waals surface area contributed by atoms with Crippen molar-refractivity contribution < 1.29 is 4.39 Å². The minimum atomic E-state index is -0.161. The molecule has 0 spiro atoms. The monoisotopic (exact) mass is 353 g/mol. The van der Waals surface area contributed by atoms with Crippen LogP contribution in [0.2, 0.25) is 0 Å². The van der Waals surface area contributed by atoms with Crippen LogP contribution in [0.25, 0.3) is 0 Å². The van der Waals surface area contributed by atoms with E-state index < -0.39 is 0 Å². The fourth-order valence-corrected chi connectivity index (χ4v) is 3.03. The molecular formula is C16H21BrFN3. The lowest BCUT2D eigenvalue weighted by Gasteiger charge is -2.19. The third kappa shape index (κ3) is 3.52. The van der Waals surface area contributed by atoms with Crippen LogP contribution in [0.1, 0.15) is 35.5 Å². The van der Waals surface area contributed by atoms with E-state index in [0.717, 1.165) is 34.4 Å². The second-order valence-corrected chi connectivity index (χ2v) is 6.09. The van der Waals surface area contributed by atoms with Crippen LogP contribution in [0, 0.1) is 19.7 Å². The quantitative estimate of drug-likeness (QED) is 0.884. The molecule has 1 atom stereocenters. The van der Waals surface area contributed by atoms with Crippen molar-refractivity contribution in [1.82, 2.24) is 15.1 Å². The van der Waals surface area contributed by atoms with Crippen molar-refractivity contribution in [1.29, 1.82) is 0 Å². The average Bonchev–Trinajstić information content (AvgIpc) is 2.68. The topological polar surface area (TPSA) is 29.9 Å². The molecule has 1 aromatic carbocycles. The first-order valence-electron chi connectivity index (χ1n) is 7.11. The summed E-state index contributed by atoms with van der Waals surface area (Å²) in [6.45, 7) is 6.71. The molecule has 0 aliphatic carbocycles. The molecule has 0 aliphatic rings. The smallest absolute Gasteiger partial charge is 0.126 e. The fourth-order valence-electron chi connectivity index (χ4n) is 2.53. The molecule has 3 nitrogen and oxygen atoms in total. The van der Waals surface area contributed by atoms with E-state index in [1.807, 2.05) is 30.8 Å². The van der Waals surface area contributed by atoms with E-state index in [0.29, 0.717) is 5.56 Å². The van der Waals surface area contributed by atoms with Gasteiger partial charge in [-0.25, -0.2) is 4.39 Å². The molecule has 0 saturated heterocycles. The van der Waals surface area contributed by atoms with Gasteiger partial charge in [0, 0.05) is 19.5 Å². The molecule has 0 fully saturated rings. The van der Waals surface area contributed by atoms with Gasteiger partial charge >= 0.3 is 0 Å². The van der Waals surface area contributed by atoms with Crippen molar-refractivity contribution in [2.24, 2.45) is 7.05 Å². The van der Waals surface area contributed by atoms with E-state index in [-0.39, 0.29) is 11.9 Å². The second-order valence-electron chi connectivity index (χ2n) is 5.29. The van der Waals surface area contributed by atoms with Gasteiger partial charge in [0.05, 0.1) is 15.9 Å². The van der Waals surface area contributed by atoms with E-state index in [9.17, 15) is 4.39 Å². The zero-order valence-electron chi connectivity index (χ0n) is 12.9. The highest BCUT2D eigenvalue weighted by Crippen LogP contribution is 2.26. The largest absolute Gasteiger partial charge is 0.310 e. The first-order chi connectivity index (χ1) is 9.93. The van der Waals surface area contributed by atoms with Crippen molar-refractivity contribution in [2.75, 3.05) is 6.54 Å². The number of hydrogen-bond donors (Lipinski definition) is 1. The van der Waals surface area contributed by atoms with Crippen molar-refractivity contribution in [2.45, 2.75) is 33.2 Å². The van der Waals surface area contributed by atoms with E-state index in [4.69, 9.17) is 0 Å². The van der Waals surface area contributed by atoms with Crippen LogP contribution < -0.4 is 5.32 Å². The van der Waals surface area contributed by atoms with Crippen LogP contribution >= 0.6 is 15.9 Å². The Labute approximate surface area is 133 Å². The molecule has 1 N–H and O–H groups in total. The molecule has 0 aliphatic heterocycles. The van der Waals surface area contributed by atoms with Gasteiger partial charge < -0.3 is 5.32 Å². The third-order valence-corrected chi connectivity index (χ3v) is 4.73. The van der Waals surface area contributed by atoms with Crippen LogP contribution in [0.3, 0.4) is 0 Å². The predicted octanol–water partition coefficient (Wildman–Crippen LogP) is 3.83. The first-order valence-corrected chi connectivity index (χ1v) is 7.90. The predicted molar refractivity (Wildman–Crippen MR) is 86.9 cm³/mol. The zero-order chi connectivity index (χ0) is 15.6. The van der Waals surface area contributed by atoms with Gasteiger partial charge in [-0.05, 0) is 53.5 Å². The minimum Gasteiger partial charge on any atom is -0.310 e. The number of likely N-dealkylation sites (N-methyl/N-ethyl adjacent to an activating group) is 1. The normalized spacial score (nSPS) is 12.7. The Kier molecular flexibility index (Phi) is 5.17. The number of rotatable bonds is 5. The molecule has 2 rings (SSSR count). The van der Waals surface area contributed by atoms with E-state index >= 15 is 0 Å². The molecule has 5 heteroatoms. The molecule has 2 aromatic rings. The summed E-state index contributed by atoms with van der Waals surface area (Å²) in [5, 5.41) is 7.90. The number of aryl methyl sites for hydroxylation is 3. The maximum atomic E-state index is 13.5. The van der Waals surface area contributed by atoms with Crippen LogP contribution in [0.15, 0.2) is 22.7 Å². The molecule has 114 valence electrons. The standard InChI is InChI=1S/C16H21BrFN3/c1-5-19-14(12-6-7-13(18)10(2)8-12)9-15-16(17)11(3)20-21(15)4/h6-8,14,19H,5,9H2,1-4H3. The van der Waals surface area contributed by atoms with Gasteiger partial charge in [0.25, 0.3) is 0 Å². The van der Waals surface area contributed by atoms with Gasteiger partial charge in [-0.15, -0.1) is 0 Å². The minimum absolute atomic E-state index is 0.139. The number of benzene rings is 1. The number of nitrogens with zero attached hydrogens (tertiary/aromatic N) is 2. The highest BCUT2D eigenvalue weighted by molar-refractivity contribution is 9.10.